The normalized spacial score (nSPS) is 12.2. The summed E-state index contributed by atoms with van der Waals surface area (Å²) in [6.45, 7) is 3.52. The van der Waals surface area contributed by atoms with Gasteiger partial charge in [0.25, 0.3) is 5.56 Å². The number of benzene rings is 3. The van der Waals surface area contributed by atoms with Crippen LogP contribution in [0.15, 0.2) is 77.2 Å². The number of carbonyl (C=O) groups excluding carboxylic acids is 1. The largest absolute Gasteiger partial charge is 0.324 e. The third-order valence-corrected chi connectivity index (χ3v) is 7.20. The Morgan fingerprint density at radius 2 is 1.88 bits per heavy atom. The van der Waals surface area contributed by atoms with Gasteiger partial charge in [-0.25, -0.2) is 4.98 Å². The topological polar surface area (TPSA) is 64.0 Å². The van der Waals surface area contributed by atoms with Gasteiger partial charge in [0.15, 0.2) is 0 Å². The lowest BCUT2D eigenvalue weighted by atomic mass is 10.0. The minimum absolute atomic E-state index is 0.241. The first kappa shape index (κ1) is 21.4. The van der Waals surface area contributed by atoms with E-state index in [1.807, 2.05) is 42.6 Å². The number of nitrogens with one attached hydrogen (secondary N) is 1. The number of thiophene rings is 1. The van der Waals surface area contributed by atoms with Gasteiger partial charge in [-0.05, 0) is 53.9 Å². The maximum Gasteiger partial charge on any atom is 0.263 e. The minimum Gasteiger partial charge on any atom is -0.324 e. The second-order valence-corrected chi connectivity index (χ2v) is 9.19. The van der Waals surface area contributed by atoms with Crippen LogP contribution in [0.25, 0.3) is 32.1 Å². The van der Waals surface area contributed by atoms with Crippen molar-refractivity contribution in [3.05, 3.63) is 93.3 Å². The van der Waals surface area contributed by atoms with Crippen LogP contribution >= 0.6 is 22.9 Å². The van der Waals surface area contributed by atoms with Crippen molar-refractivity contribution in [1.82, 2.24) is 9.55 Å². The molecule has 0 aliphatic heterocycles. The monoisotopic (exact) mass is 473 g/mol. The van der Waals surface area contributed by atoms with E-state index in [-0.39, 0.29) is 11.5 Å². The Hall–Kier alpha value is -3.48. The summed E-state index contributed by atoms with van der Waals surface area (Å²) < 4.78 is 1.38. The molecule has 0 bridgehead atoms. The molecule has 0 saturated heterocycles. The van der Waals surface area contributed by atoms with E-state index in [0.717, 1.165) is 27.5 Å². The van der Waals surface area contributed by atoms with Gasteiger partial charge in [-0.15, -0.1) is 11.3 Å². The fraction of sp³-hybridized carbons (Fsp3) is 0.115. The number of aromatic nitrogens is 2. The summed E-state index contributed by atoms with van der Waals surface area (Å²) in [5.41, 5.74) is 2.93. The van der Waals surface area contributed by atoms with Gasteiger partial charge in [0, 0.05) is 21.7 Å². The van der Waals surface area contributed by atoms with Gasteiger partial charge in [-0.2, -0.15) is 0 Å². The van der Waals surface area contributed by atoms with E-state index in [1.54, 1.807) is 25.1 Å². The number of halogens is 1. The zero-order chi connectivity index (χ0) is 23.1. The van der Waals surface area contributed by atoms with Crippen LogP contribution < -0.4 is 10.9 Å². The van der Waals surface area contributed by atoms with E-state index in [1.165, 1.54) is 22.2 Å². The zero-order valence-electron chi connectivity index (χ0n) is 18.0. The highest BCUT2D eigenvalue weighted by Gasteiger charge is 2.21. The van der Waals surface area contributed by atoms with E-state index in [9.17, 15) is 9.59 Å². The van der Waals surface area contributed by atoms with Crippen molar-refractivity contribution in [2.45, 2.75) is 19.9 Å². The molecule has 33 heavy (non-hydrogen) atoms. The molecule has 0 aliphatic carbocycles. The number of fused-ring (bicyclic) bond motifs is 2. The minimum atomic E-state index is -0.753. The van der Waals surface area contributed by atoms with Crippen LogP contribution in [-0.2, 0) is 4.79 Å². The highest BCUT2D eigenvalue weighted by atomic mass is 35.5. The smallest absolute Gasteiger partial charge is 0.263 e. The summed E-state index contributed by atoms with van der Waals surface area (Å²) in [6.07, 6.45) is 1.44. The van der Waals surface area contributed by atoms with Crippen molar-refractivity contribution < 1.29 is 4.79 Å². The molecule has 5 rings (SSSR count). The average molecular weight is 474 g/mol. The standard InChI is InChI=1S/C26H20ClN3O2S/c1-15-21(27)8-5-9-22(15)29-24(31)16(2)30-14-28-25-23(26(30)32)20(13-33-25)19-11-10-17-6-3-4-7-18(17)12-19/h3-14,16H,1-2H3,(H,29,31). The Morgan fingerprint density at radius 3 is 2.70 bits per heavy atom. The van der Waals surface area contributed by atoms with E-state index in [4.69, 9.17) is 11.6 Å². The lowest BCUT2D eigenvalue weighted by molar-refractivity contribution is -0.118. The van der Waals surface area contributed by atoms with Crippen molar-refractivity contribution in [1.29, 1.82) is 0 Å². The molecule has 7 heteroatoms. The number of nitrogens with zero attached hydrogens (tertiary/aromatic N) is 2. The van der Waals surface area contributed by atoms with E-state index < -0.39 is 6.04 Å². The van der Waals surface area contributed by atoms with Crippen molar-refractivity contribution in [3.63, 3.8) is 0 Å². The first-order chi connectivity index (χ1) is 15.9. The second kappa shape index (κ2) is 8.46. The van der Waals surface area contributed by atoms with Gasteiger partial charge >= 0.3 is 0 Å². The average Bonchev–Trinajstić information content (AvgIpc) is 3.26. The molecular weight excluding hydrogens is 454 g/mol. The molecular formula is C26H20ClN3O2S. The molecule has 0 saturated carbocycles. The summed E-state index contributed by atoms with van der Waals surface area (Å²) in [7, 11) is 0. The molecule has 2 aromatic heterocycles. The molecule has 1 amide bonds. The van der Waals surface area contributed by atoms with Crippen molar-refractivity contribution >= 4 is 55.5 Å². The van der Waals surface area contributed by atoms with Crippen LogP contribution in [0.4, 0.5) is 5.69 Å². The first-order valence-corrected chi connectivity index (χ1v) is 11.7. The summed E-state index contributed by atoms with van der Waals surface area (Å²) in [4.78, 5) is 31.6. The second-order valence-electron chi connectivity index (χ2n) is 7.93. The molecule has 164 valence electrons. The maximum atomic E-state index is 13.5. The van der Waals surface area contributed by atoms with Gasteiger partial charge in [0.2, 0.25) is 5.91 Å². The summed E-state index contributed by atoms with van der Waals surface area (Å²) in [5.74, 6) is -0.314. The zero-order valence-corrected chi connectivity index (χ0v) is 19.6. The van der Waals surface area contributed by atoms with Crippen LogP contribution in [0.5, 0.6) is 0 Å². The quantitative estimate of drug-likeness (QED) is 0.326. The summed E-state index contributed by atoms with van der Waals surface area (Å²) >= 11 is 7.59. The Labute approximate surface area is 199 Å². The lowest BCUT2D eigenvalue weighted by Gasteiger charge is -2.16. The van der Waals surface area contributed by atoms with Crippen molar-refractivity contribution in [2.24, 2.45) is 0 Å². The molecule has 0 fully saturated rings. The van der Waals surface area contributed by atoms with Crippen molar-refractivity contribution in [2.75, 3.05) is 5.32 Å². The number of carbonyl (C=O) groups is 1. The molecule has 0 spiro atoms. The van der Waals surface area contributed by atoms with Crippen LogP contribution in [-0.4, -0.2) is 15.5 Å². The van der Waals surface area contributed by atoms with Gasteiger partial charge in [-0.3, -0.25) is 14.2 Å². The van der Waals surface area contributed by atoms with Crippen LogP contribution in [0, 0.1) is 6.92 Å². The molecule has 1 N–H and O–H groups in total. The predicted molar refractivity (Wildman–Crippen MR) is 136 cm³/mol. The Balaban J connectivity index is 1.54. The number of hydrogen-bond donors (Lipinski definition) is 1. The third kappa shape index (κ3) is 3.81. The Morgan fingerprint density at radius 1 is 1.09 bits per heavy atom. The fourth-order valence-electron chi connectivity index (χ4n) is 3.90. The van der Waals surface area contributed by atoms with E-state index >= 15 is 0 Å². The Bertz CT molecular complexity index is 1590. The SMILES string of the molecule is Cc1c(Cl)cccc1NC(=O)C(C)n1cnc2scc(-c3ccc4ccccc4c3)c2c1=O. The van der Waals surface area contributed by atoms with Crippen LogP contribution in [0.3, 0.4) is 0 Å². The molecule has 1 atom stereocenters. The fourth-order valence-corrected chi connectivity index (χ4v) is 4.98. The number of amides is 1. The summed E-state index contributed by atoms with van der Waals surface area (Å²) in [6, 6.07) is 18.8. The maximum absolute atomic E-state index is 13.5. The van der Waals surface area contributed by atoms with Gasteiger partial charge in [0.05, 0.1) is 11.7 Å². The first-order valence-electron chi connectivity index (χ1n) is 10.5. The summed E-state index contributed by atoms with van der Waals surface area (Å²) in [5, 5.41) is 8.16. The Kier molecular flexibility index (Phi) is 5.48. The van der Waals surface area contributed by atoms with Gasteiger partial charge in [-0.1, -0.05) is 54.1 Å². The molecule has 5 aromatic rings. The third-order valence-electron chi connectivity index (χ3n) is 5.90. The molecule has 3 aromatic carbocycles. The molecule has 5 nitrogen and oxygen atoms in total. The van der Waals surface area contributed by atoms with E-state index in [0.29, 0.717) is 20.9 Å². The number of anilines is 1. The highest BCUT2D eigenvalue weighted by molar-refractivity contribution is 7.17. The molecule has 0 aliphatic rings. The highest BCUT2D eigenvalue weighted by Crippen LogP contribution is 2.33. The predicted octanol–water partition coefficient (Wildman–Crippen LogP) is 6.44. The molecule has 2 heterocycles. The molecule has 1 unspecified atom stereocenters. The van der Waals surface area contributed by atoms with Gasteiger partial charge < -0.3 is 5.32 Å². The van der Waals surface area contributed by atoms with Crippen molar-refractivity contribution in [3.8, 4) is 11.1 Å². The number of hydrogen-bond acceptors (Lipinski definition) is 4. The van der Waals surface area contributed by atoms with Crippen LogP contribution in [0.1, 0.15) is 18.5 Å². The molecule has 0 radical (unpaired) electrons. The number of rotatable bonds is 4. The van der Waals surface area contributed by atoms with Gasteiger partial charge in [0.1, 0.15) is 10.9 Å². The van der Waals surface area contributed by atoms with Crippen LogP contribution in [0.2, 0.25) is 5.02 Å². The lowest BCUT2D eigenvalue weighted by Crippen LogP contribution is -2.31. The van der Waals surface area contributed by atoms with E-state index in [2.05, 4.69) is 22.4 Å².